The van der Waals surface area contributed by atoms with Crippen LogP contribution in [-0.4, -0.2) is 36.0 Å². The van der Waals surface area contributed by atoms with Crippen molar-refractivity contribution in [1.82, 2.24) is 5.32 Å². The maximum absolute atomic E-state index is 12.6. The Balaban J connectivity index is 0.00000400. The Morgan fingerprint density at radius 3 is 2.21 bits per heavy atom. The maximum Gasteiger partial charge on any atom is 1.00 e. The van der Waals surface area contributed by atoms with E-state index in [0.717, 1.165) is 5.56 Å². The summed E-state index contributed by atoms with van der Waals surface area (Å²) >= 11 is 0. The second-order valence-corrected chi connectivity index (χ2v) is 8.63. The number of carbonyl (C=O) groups excluding carboxylic acids is 3. The van der Waals surface area contributed by atoms with Crippen LogP contribution in [0.2, 0.25) is 0 Å². The molecule has 0 aliphatic rings. The van der Waals surface area contributed by atoms with Crippen LogP contribution in [0, 0.1) is 6.92 Å². The Morgan fingerprint density at radius 2 is 1.59 bits per heavy atom. The molecule has 1 atom stereocenters. The van der Waals surface area contributed by atoms with Crippen LogP contribution in [0.1, 0.15) is 37.5 Å². The van der Waals surface area contributed by atoms with Gasteiger partial charge < -0.3 is 32.5 Å². The quantitative estimate of drug-likeness (QED) is 0.246. The number of carboxylic acids is 1. The molecule has 3 rings (SSSR count). The van der Waals surface area contributed by atoms with Crippen molar-refractivity contribution in [1.29, 1.82) is 0 Å². The molecule has 3 aromatic rings. The Morgan fingerprint density at radius 1 is 0.923 bits per heavy atom. The monoisotopic (exact) mass is 542 g/mol. The van der Waals surface area contributed by atoms with E-state index in [1.807, 2.05) is 25.1 Å². The van der Waals surface area contributed by atoms with Crippen molar-refractivity contribution in [2.45, 2.75) is 32.7 Å². The van der Waals surface area contributed by atoms with Crippen LogP contribution in [0.15, 0.2) is 66.7 Å². The number of aliphatic carboxylic acids is 1. The number of para-hydroxylation sites is 1. The third kappa shape index (κ3) is 9.75. The topological polar surface area (TPSA) is 146 Å². The van der Waals surface area contributed by atoms with Crippen molar-refractivity contribution in [3.63, 3.8) is 0 Å². The van der Waals surface area contributed by atoms with Crippen molar-refractivity contribution in [2.24, 2.45) is 0 Å². The molecular weight excluding hydrogens is 511 g/mol. The predicted molar refractivity (Wildman–Crippen MR) is 146 cm³/mol. The number of anilines is 3. The maximum atomic E-state index is 12.6. The summed E-state index contributed by atoms with van der Waals surface area (Å²) in [4.78, 5) is 47.6. The summed E-state index contributed by atoms with van der Waals surface area (Å²) in [6, 6.07) is 18.0. The van der Waals surface area contributed by atoms with E-state index >= 15 is 0 Å². The molecule has 4 amide bonds. The fraction of sp³-hybridized carbons (Fsp3) is 0.214. The average Bonchev–Trinajstić information content (AvgIpc) is 2.86. The van der Waals surface area contributed by atoms with Gasteiger partial charge in [-0.25, -0.2) is 4.79 Å². The summed E-state index contributed by atoms with van der Waals surface area (Å²) in [5.41, 5.74) is 3.88. The first-order valence-corrected chi connectivity index (χ1v) is 11.8. The Bertz CT molecular complexity index is 1320. The molecule has 39 heavy (non-hydrogen) atoms. The van der Waals surface area contributed by atoms with E-state index in [-0.39, 0.29) is 55.6 Å². The van der Waals surface area contributed by atoms with Crippen molar-refractivity contribution >= 4 is 40.9 Å². The summed E-state index contributed by atoms with van der Waals surface area (Å²) < 4.78 is 5.41. The standard InChI is InChI=1S/C28H30N4O6.Na.H/c1-17-6-4-5-7-22(17)31-28(37)32-23-13-8-19(14-25(23)38-3)15-26(34)30-21-11-9-20(10-12-21)24(16-27(35)36)29-18(2)33;;/h4-14,24H,15-16H2,1-3H3,(H,29,33)(H,30,34)(H,35,36)(H2,31,32,37);;/q;+1;-1/t24-;;/m1../s1. The van der Waals surface area contributed by atoms with Crippen molar-refractivity contribution < 1.29 is 60.0 Å². The molecule has 5 N–H and O–H groups in total. The summed E-state index contributed by atoms with van der Waals surface area (Å²) in [5.74, 6) is -1.24. The molecule has 200 valence electrons. The van der Waals surface area contributed by atoms with Gasteiger partial charge in [-0.15, -0.1) is 0 Å². The van der Waals surface area contributed by atoms with Gasteiger partial charge in [-0.1, -0.05) is 36.4 Å². The minimum absolute atomic E-state index is 0. The van der Waals surface area contributed by atoms with Gasteiger partial charge in [-0.3, -0.25) is 14.4 Å². The van der Waals surface area contributed by atoms with E-state index in [0.29, 0.717) is 33.9 Å². The van der Waals surface area contributed by atoms with Gasteiger partial charge in [0.05, 0.1) is 31.7 Å². The molecule has 0 saturated heterocycles. The number of carbonyl (C=O) groups is 4. The number of methoxy groups -OCH3 is 1. The van der Waals surface area contributed by atoms with Gasteiger partial charge in [-0.2, -0.15) is 0 Å². The zero-order chi connectivity index (χ0) is 27.7. The Hall–Kier alpha value is -3.86. The van der Waals surface area contributed by atoms with Gasteiger partial charge in [0.15, 0.2) is 0 Å². The first kappa shape index (κ1) is 31.4. The van der Waals surface area contributed by atoms with Crippen LogP contribution in [0.4, 0.5) is 21.9 Å². The van der Waals surface area contributed by atoms with Gasteiger partial charge in [-0.05, 0) is 53.9 Å². The molecule has 0 spiro atoms. The number of urea groups is 1. The van der Waals surface area contributed by atoms with Gasteiger partial charge in [0.25, 0.3) is 0 Å². The molecule has 0 aliphatic heterocycles. The van der Waals surface area contributed by atoms with Crippen LogP contribution in [0.5, 0.6) is 5.75 Å². The predicted octanol–water partition coefficient (Wildman–Crippen LogP) is 1.60. The molecule has 0 saturated carbocycles. The van der Waals surface area contributed by atoms with Crippen LogP contribution in [0.3, 0.4) is 0 Å². The first-order valence-electron chi connectivity index (χ1n) is 11.8. The molecular formula is C28H31N4NaO6. The fourth-order valence-electron chi connectivity index (χ4n) is 3.80. The number of amides is 4. The van der Waals surface area contributed by atoms with E-state index in [4.69, 9.17) is 9.84 Å². The smallest absolute Gasteiger partial charge is 1.00 e. The Kier molecular flexibility index (Phi) is 12.0. The molecule has 10 nitrogen and oxygen atoms in total. The van der Waals surface area contributed by atoms with Crippen LogP contribution >= 0.6 is 0 Å². The largest absolute Gasteiger partial charge is 1.00 e. The van der Waals surface area contributed by atoms with Gasteiger partial charge >= 0.3 is 41.6 Å². The van der Waals surface area contributed by atoms with E-state index in [2.05, 4.69) is 21.3 Å². The van der Waals surface area contributed by atoms with Crippen LogP contribution in [0.25, 0.3) is 0 Å². The number of aryl methyl sites for hydroxylation is 1. The summed E-state index contributed by atoms with van der Waals surface area (Å²) in [5, 5.41) is 20.1. The molecule has 3 aromatic carbocycles. The molecule has 0 aromatic heterocycles. The number of hydrogen-bond donors (Lipinski definition) is 5. The number of hydrogen-bond acceptors (Lipinski definition) is 5. The zero-order valence-corrected chi connectivity index (χ0v) is 24.3. The normalized spacial score (nSPS) is 10.8. The first-order chi connectivity index (χ1) is 18.1. The summed E-state index contributed by atoms with van der Waals surface area (Å²) in [6.45, 7) is 3.22. The third-order valence-electron chi connectivity index (χ3n) is 5.63. The Labute approximate surface area is 250 Å². The number of benzene rings is 3. The zero-order valence-electron chi connectivity index (χ0n) is 23.3. The second-order valence-electron chi connectivity index (χ2n) is 8.63. The summed E-state index contributed by atoms with van der Waals surface area (Å²) in [7, 11) is 1.48. The second kappa shape index (κ2) is 14.9. The van der Waals surface area contributed by atoms with Gasteiger partial charge in [0.1, 0.15) is 5.75 Å². The van der Waals surface area contributed by atoms with E-state index in [1.54, 1.807) is 48.5 Å². The number of nitrogens with one attached hydrogen (secondary N) is 4. The minimum Gasteiger partial charge on any atom is -1.00 e. The molecule has 0 aliphatic carbocycles. The van der Waals surface area contributed by atoms with Crippen molar-refractivity contribution in [3.05, 3.63) is 83.4 Å². The molecule has 11 heteroatoms. The fourth-order valence-corrected chi connectivity index (χ4v) is 3.80. The summed E-state index contributed by atoms with van der Waals surface area (Å²) in [6.07, 6.45) is -0.202. The van der Waals surface area contributed by atoms with Crippen LogP contribution < -0.4 is 55.6 Å². The number of carboxylic acid groups (broad SMARTS) is 1. The molecule has 0 radical (unpaired) electrons. The van der Waals surface area contributed by atoms with E-state index < -0.39 is 18.0 Å². The van der Waals surface area contributed by atoms with E-state index in [1.165, 1.54) is 14.0 Å². The number of ether oxygens (including phenoxy) is 1. The molecule has 0 heterocycles. The molecule has 0 bridgehead atoms. The van der Waals surface area contributed by atoms with E-state index in [9.17, 15) is 19.2 Å². The van der Waals surface area contributed by atoms with Gasteiger partial charge in [0, 0.05) is 18.3 Å². The van der Waals surface area contributed by atoms with Gasteiger partial charge in [0.2, 0.25) is 11.8 Å². The minimum atomic E-state index is -1.04. The molecule has 0 unspecified atom stereocenters. The van der Waals surface area contributed by atoms with Crippen molar-refractivity contribution in [2.75, 3.05) is 23.1 Å². The average molecular weight is 543 g/mol. The molecule has 0 fully saturated rings. The third-order valence-corrected chi connectivity index (χ3v) is 5.63. The van der Waals surface area contributed by atoms with Crippen molar-refractivity contribution in [3.8, 4) is 5.75 Å². The SMILES string of the molecule is COc1cc(CC(=O)Nc2ccc([C@@H](CC(=O)O)NC(C)=O)cc2)ccc1NC(=O)Nc1ccccc1C.[H-].[Na+]. The number of rotatable bonds is 10. The van der Waals surface area contributed by atoms with Crippen LogP contribution in [-0.2, 0) is 20.8 Å².